The van der Waals surface area contributed by atoms with Crippen molar-refractivity contribution in [1.29, 1.82) is 0 Å². The van der Waals surface area contributed by atoms with Gasteiger partial charge in [-0.05, 0) is 40.7 Å². The molecule has 1 heterocycles. The first-order valence-electron chi connectivity index (χ1n) is 7.11. The van der Waals surface area contributed by atoms with Crippen LogP contribution in [0.15, 0.2) is 18.2 Å². The van der Waals surface area contributed by atoms with Gasteiger partial charge >= 0.3 is 0 Å². The van der Waals surface area contributed by atoms with E-state index in [1.54, 1.807) is 7.11 Å². The van der Waals surface area contributed by atoms with Crippen LogP contribution in [0.1, 0.15) is 46.7 Å². The first kappa shape index (κ1) is 16.9. The monoisotopic (exact) mass is 280 g/mol. The summed E-state index contributed by atoms with van der Waals surface area (Å²) >= 11 is 0. The molecule has 0 amide bonds. The quantitative estimate of drug-likeness (QED) is 0.833. The third-order valence-corrected chi connectivity index (χ3v) is 3.09. The Morgan fingerprint density at radius 2 is 1.85 bits per heavy atom. The zero-order chi connectivity index (χ0) is 15.2. The van der Waals surface area contributed by atoms with Crippen molar-refractivity contribution in [1.82, 2.24) is 10.3 Å². The highest BCUT2D eigenvalue weighted by atomic mass is 16.5. The molecule has 1 aromatic rings. The van der Waals surface area contributed by atoms with E-state index in [1.165, 1.54) is 0 Å². The molecule has 4 nitrogen and oxygen atoms in total. The first-order valence-corrected chi connectivity index (χ1v) is 7.11. The van der Waals surface area contributed by atoms with Gasteiger partial charge in [-0.25, -0.2) is 4.98 Å². The summed E-state index contributed by atoms with van der Waals surface area (Å²) in [6.07, 6.45) is 0.829. The number of nitrogens with zero attached hydrogens (tertiary/aromatic N) is 1. The van der Waals surface area contributed by atoms with Crippen molar-refractivity contribution in [2.45, 2.75) is 58.7 Å². The Kier molecular flexibility index (Phi) is 5.96. The SMILES string of the molecule is COC(C)(C)CCOc1cccc(CNC(C)(C)C)n1. The van der Waals surface area contributed by atoms with Crippen molar-refractivity contribution in [2.24, 2.45) is 0 Å². The lowest BCUT2D eigenvalue weighted by Crippen LogP contribution is -2.35. The van der Waals surface area contributed by atoms with E-state index in [1.807, 2.05) is 32.0 Å². The number of hydrogen-bond donors (Lipinski definition) is 1. The fraction of sp³-hybridized carbons (Fsp3) is 0.688. The molecule has 0 fully saturated rings. The van der Waals surface area contributed by atoms with Gasteiger partial charge in [-0.15, -0.1) is 0 Å². The maximum Gasteiger partial charge on any atom is 0.213 e. The molecular formula is C16H28N2O2. The summed E-state index contributed by atoms with van der Waals surface area (Å²) in [7, 11) is 1.72. The van der Waals surface area contributed by atoms with Crippen LogP contribution in [0.5, 0.6) is 5.88 Å². The minimum Gasteiger partial charge on any atom is -0.478 e. The number of hydrogen-bond acceptors (Lipinski definition) is 4. The second-order valence-electron chi connectivity index (χ2n) is 6.63. The Morgan fingerprint density at radius 1 is 1.15 bits per heavy atom. The molecule has 0 saturated carbocycles. The molecule has 0 aromatic carbocycles. The van der Waals surface area contributed by atoms with Gasteiger partial charge in [-0.1, -0.05) is 6.07 Å². The largest absolute Gasteiger partial charge is 0.478 e. The van der Waals surface area contributed by atoms with Crippen molar-refractivity contribution >= 4 is 0 Å². The van der Waals surface area contributed by atoms with Crippen LogP contribution >= 0.6 is 0 Å². The molecular weight excluding hydrogens is 252 g/mol. The van der Waals surface area contributed by atoms with Gasteiger partial charge in [0.2, 0.25) is 5.88 Å². The summed E-state index contributed by atoms with van der Waals surface area (Å²) in [6, 6.07) is 5.87. The molecule has 114 valence electrons. The minimum atomic E-state index is -0.161. The topological polar surface area (TPSA) is 43.4 Å². The van der Waals surface area contributed by atoms with Crippen LogP contribution in [-0.4, -0.2) is 29.8 Å². The lowest BCUT2D eigenvalue weighted by Gasteiger charge is -2.22. The zero-order valence-corrected chi connectivity index (χ0v) is 13.6. The number of ether oxygens (including phenoxy) is 2. The lowest BCUT2D eigenvalue weighted by molar-refractivity contribution is 0.00507. The second-order valence-corrected chi connectivity index (χ2v) is 6.63. The van der Waals surface area contributed by atoms with Gasteiger partial charge in [0, 0.05) is 31.7 Å². The molecule has 0 aliphatic heterocycles. The van der Waals surface area contributed by atoms with Gasteiger partial charge in [0.15, 0.2) is 0 Å². The summed E-state index contributed by atoms with van der Waals surface area (Å²) in [5.41, 5.74) is 0.912. The van der Waals surface area contributed by atoms with Crippen LogP contribution in [-0.2, 0) is 11.3 Å². The molecule has 1 rings (SSSR count). The summed E-state index contributed by atoms with van der Waals surface area (Å²) in [5.74, 6) is 0.671. The lowest BCUT2D eigenvalue weighted by atomic mass is 10.1. The Morgan fingerprint density at radius 3 is 2.45 bits per heavy atom. The fourth-order valence-corrected chi connectivity index (χ4v) is 1.50. The van der Waals surface area contributed by atoms with E-state index in [4.69, 9.17) is 9.47 Å². The van der Waals surface area contributed by atoms with E-state index >= 15 is 0 Å². The van der Waals surface area contributed by atoms with Gasteiger partial charge in [-0.2, -0.15) is 0 Å². The van der Waals surface area contributed by atoms with Gasteiger partial charge in [0.1, 0.15) is 0 Å². The second kappa shape index (κ2) is 7.04. The standard InChI is InChI=1S/C16H28N2O2/c1-15(2,3)17-12-13-8-7-9-14(18-13)20-11-10-16(4,5)19-6/h7-9,17H,10-12H2,1-6H3. The molecule has 0 saturated heterocycles. The Labute approximate surface area is 122 Å². The third-order valence-electron chi connectivity index (χ3n) is 3.09. The van der Waals surface area contributed by atoms with Crippen LogP contribution in [0, 0.1) is 0 Å². The van der Waals surface area contributed by atoms with E-state index in [9.17, 15) is 0 Å². The summed E-state index contributed by atoms with van der Waals surface area (Å²) < 4.78 is 11.1. The van der Waals surface area contributed by atoms with Crippen LogP contribution in [0.4, 0.5) is 0 Å². The number of pyridine rings is 1. The highest BCUT2D eigenvalue weighted by Crippen LogP contribution is 2.15. The molecule has 4 heteroatoms. The number of rotatable bonds is 7. The van der Waals surface area contributed by atoms with Crippen LogP contribution in [0.3, 0.4) is 0 Å². The molecule has 1 N–H and O–H groups in total. The molecule has 0 radical (unpaired) electrons. The van der Waals surface area contributed by atoms with Crippen molar-refractivity contribution in [2.75, 3.05) is 13.7 Å². The van der Waals surface area contributed by atoms with Gasteiger partial charge in [0.05, 0.1) is 17.9 Å². The molecule has 20 heavy (non-hydrogen) atoms. The Hall–Kier alpha value is -1.13. The smallest absolute Gasteiger partial charge is 0.213 e. The molecule has 0 aliphatic carbocycles. The predicted molar refractivity (Wildman–Crippen MR) is 82.0 cm³/mol. The van der Waals surface area contributed by atoms with Gasteiger partial charge in [0.25, 0.3) is 0 Å². The maximum atomic E-state index is 5.70. The average molecular weight is 280 g/mol. The molecule has 1 aromatic heterocycles. The van der Waals surface area contributed by atoms with E-state index in [-0.39, 0.29) is 11.1 Å². The Balaban J connectivity index is 2.48. The summed E-state index contributed by atoms with van der Waals surface area (Å²) in [6.45, 7) is 11.9. The number of aromatic nitrogens is 1. The van der Waals surface area contributed by atoms with E-state index in [2.05, 4.69) is 31.1 Å². The number of methoxy groups -OCH3 is 1. The first-order chi connectivity index (χ1) is 9.22. The molecule has 0 atom stereocenters. The van der Waals surface area contributed by atoms with Crippen LogP contribution in [0.2, 0.25) is 0 Å². The zero-order valence-electron chi connectivity index (χ0n) is 13.6. The van der Waals surface area contributed by atoms with Crippen LogP contribution in [0.25, 0.3) is 0 Å². The van der Waals surface area contributed by atoms with Crippen LogP contribution < -0.4 is 10.1 Å². The summed E-state index contributed by atoms with van der Waals surface area (Å²) in [4.78, 5) is 4.50. The molecule has 0 spiro atoms. The fourth-order valence-electron chi connectivity index (χ4n) is 1.50. The van der Waals surface area contributed by atoms with Crippen molar-refractivity contribution in [3.05, 3.63) is 23.9 Å². The van der Waals surface area contributed by atoms with E-state index in [0.717, 1.165) is 18.7 Å². The van der Waals surface area contributed by atoms with Crippen molar-refractivity contribution in [3.63, 3.8) is 0 Å². The Bertz CT molecular complexity index is 411. The highest BCUT2D eigenvalue weighted by molar-refractivity contribution is 5.15. The van der Waals surface area contributed by atoms with Crippen molar-refractivity contribution < 1.29 is 9.47 Å². The molecule has 0 unspecified atom stereocenters. The number of nitrogens with one attached hydrogen (secondary N) is 1. The maximum absolute atomic E-state index is 5.70. The predicted octanol–water partition coefficient (Wildman–Crippen LogP) is 3.16. The minimum absolute atomic E-state index is 0.0844. The van der Waals surface area contributed by atoms with Gasteiger partial charge < -0.3 is 14.8 Å². The van der Waals surface area contributed by atoms with E-state index in [0.29, 0.717) is 12.5 Å². The third kappa shape index (κ3) is 6.87. The summed E-state index contributed by atoms with van der Waals surface area (Å²) in [5, 5.41) is 3.42. The average Bonchev–Trinajstić information content (AvgIpc) is 2.36. The highest BCUT2D eigenvalue weighted by Gasteiger charge is 2.16. The normalized spacial score (nSPS) is 12.5. The van der Waals surface area contributed by atoms with Crippen molar-refractivity contribution in [3.8, 4) is 5.88 Å². The molecule has 0 aliphatic rings. The van der Waals surface area contributed by atoms with E-state index < -0.39 is 0 Å². The molecule has 0 bridgehead atoms. The van der Waals surface area contributed by atoms with Gasteiger partial charge in [-0.3, -0.25) is 0 Å².